The van der Waals surface area contributed by atoms with Gasteiger partial charge in [-0.25, -0.2) is 4.79 Å². The molecule has 2 aliphatic rings. The lowest BCUT2D eigenvalue weighted by molar-refractivity contribution is -0.605. The second kappa shape index (κ2) is 14.0. The largest absolute Gasteiger partial charge is 0.619 e. The number of halogens is 4. The number of benzene rings is 2. The molecule has 1 aromatic heterocycles. The molecule has 0 spiro atoms. The summed E-state index contributed by atoms with van der Waals surface area (Å²) in [7, 11) is 0. The van der Waals surface area contributed by atoms with Crippen LogP contribution in [-0.2, 0) is 16.0 Å². The molecule has 1 saturated carbocycles. The molecule has 0 bridgehead atoms. The number of alkyl halides is 2. The van der Waals surface area contributed by atoms with Gasteiger partial charge in [-0.05, 0) is 48.6 Å². The summed E-state index contributed by atoms with van der Waals surface area (Å²) in [4.78, 5) is 38.7. The Hall–Kier alpha value is -3.88. The number of pyridine rings is 1. The van der Waals surface area contributed by atoms with E-state index >= 15 is 0 Å². The Morgan fingerprint density at radius 2 is 1.78 bits per heavy atom. The molecule has 238 valence electrons. The van der Waals surface area contributed by atoms with Crippen molar-refractivity contribution < 1.29 is 42.2 Å². The van der Waals surface area contributed by atoms with E-state index in [1.54, 1.807) is 0 Å². The van der Waals surface area contributed by atoms with Crippen LogP contribution in [-0.4, -0.2) is 52.6 Å². The van der Waals surface area contributed by atoms with Gasteiger partial charge in [0.2, 0.25) is 0 Å². The Bertz CT molecular complexity index is 1570. The third-order valence-corrected chi connectivity index (χ3v) is 8.94. The van der Waals surface area contributed by atoms with Crippen LogP contribution in [0.25, 0.3) is 0 Å². The topological polar surface area (TPSA) is 135 Å². The van der Waals surface area contributed by atoms with E-state index in [9.17, 15) is 33.7 Å². The van der Waals surface area contributed by atoms with Crippen LogP contribution >= 0.6 is 35.0 Å². The van der Waals surface area contributed by atoms with Crippen molar-refractivity contribution in [1.29, 1.82) is 0 Å². The van der Waals surface area contributed by atoms with Gasteiger partial charge in [-0.3, -0.25) is 14.9 Å². The van der Waals surface area contributed by atoms with Gasteiger partial charge in [-0.15, -0.1) is 11.8 Å². The number of hydrogen-bond donors (Lipinski definition) is 0. The summed E-state index contributed by atoms with van der Waals surface area (Å²) >= 11 is 13.8. The number of nitro groups is 1. The molecule has 5 rings (SSSR count). The van der Waals surface area contributed by atoms with Crippen molar-refractivity contribution in [3.05, 3.63) is 96.9 Å². The van der Waals surface area contributed by atoms with Gasteiger partial charge in [0.25, 0.3) is 11.6 Å². The normalized spacial score (nSPS) is 16.8. The summed E-state index contributed by atoms with van der Waals surface area (Å²) in [6.45, 7) is -2.61. The van der Waals surface area contributed by atoms with E-state index in [1.807, 2.05) is 0 Å². The molecule has 1 unspecified atom stereocenters. The van der Waals surface area contributed by atoms with E-state index in [2.05, 4.69) is 4.74 Å². The number of non-ortho nitro benzene ring substituents is 1. The number of rotatable bonds is 12. The van der Waals surface area contributed by atoms with Gasteiger partial charge in [-0.2, -0.15) is 13.5 Å². The lowest BCUT2D eigenvalue weighted by Gasteiger charge is -2.26. The zero-order chi connectivity index (χ0) is 32.2. The number of hydrogen-bond acceptors (Lipinski definition) is 9. The highest BCUT2D eigenvalue weighted by molar-refractivity contribution is 8.00. The molecular weight excluding hydrogens is 659 g/mol. The van der Waals surface area contributed by atoms with Crippen LogP contribution in [0.1, 0.15) is 40.4 Å². The van der Waals surface area contributed by atoms with Crippen LogP contribution in [0.5, 0.6) is 11.5 Å². The number of esters is 1. The Labute approximate surface area is 269 Å². The molecule has 45 heavy (non-hydrogen) atoms. The van der Waals surface area contributed by atoms with Crippen molar-refractivity contribution in [1.82, 2.24) is 4.90 Å². The molecule has 0 radical (unpaired) electrons. The number of carbonyl (C=O) groups excluding carboxylic acids is 2. The third kappa shape index (κ3) is 8.05. The Kier molecular flexibility index (Phi) is 10.1. The zero-order valence-electron chi connectivity index (χ0n) is 23.3. The first-order valence-corrected chi connectivity index (χ1v) is 15.5. The van der Waals surface area contributed by atoms with Crippen molar-refractivity contribution in [3.63, 3.8) is 0 Å². The predicted molar refractivity (Wildman–Crippen MR) is 160 cm³/mol. The molecule has 2 atom stereocenters. The van der Waals surface area contributed by atoms with Crippen molar-refractivity contribution >= 4 is 52.5 Å². The quantitative estimate of drug-likeness (QED) is 0.0744. The molecule has 2 heterocycles. The molecule has 11 nitrogen and oxygen atoms in total. The minimum atomic E-state index is -3.10. The number of nitro benzene ring substituents is 1. The van der Waals surface area contributed by atoms with Gasteiger partial charge in [-0.1, -0.05) is 29.3 Å². The average molecular weight is 685 g/mol. The first-order chi connectivity index (χ1) is 21.5. The average Bonchev–Trinajstić information content (AvgIpc) is 3.69. The monoisotopic (exact) mass is 683 g/mol. The third-order valence-electron chi connectivity index (χ3n) is 7.11. The van der Waals surface area contributed by atoms with Gasteiger partial charge < -0.3 is 24.3 Å². The minimum Gasteiger partial charge on any atom is -0.619 e. The van der Waals surface area contributed by atoms with Crippen molar-refractivity contribution in [2.24, 2.45) is 5.92 Å². The van der Waals surface area contributed by atoms with Crippen LogP contribution in [0.4, 0.5) is 14.5 Å². The molecule has 1 aliphatic heterocycles. The number of nitrogens with zero attached hydrogens (tertiary/aromatic N) is 3. The fraction of sp³-hybridized carbons (Fsp3) is 0.345. The zero-order valence-corrected chi connectivity index (χ0v) is 25.6. The van der Waals surface area contributed by atoms with E-state index in [0.717, 1.165) is 25.2 Å². The van der Waals surface area contributed by atoms with Gasteiger partial charge in [0.15, 0.2) is 29.3 Å². The highest BCUT2D eigenvalue weighted by Gasteiger charge is 2.38. The van der Waals surface area contributed by atoms with Gasteiger partial charge >= 0.3 is 12.6 Å². The van der Waals surface area contributed by atoms with Gasteiger partial charge in [0, 0.05) is 42.0 Å². The fourth-order valence-electron chi connectivity index (χ4n) is 4.62. The van der Waals surface area contributed by atoms with Crippen LogP contribution in [0, 0.1) is 21.2 Å². The predicted octanol–water partition coefficient (Wildman–Crippen LogP) is 5.97. The lowest BCUT2D eigenvalue weighted by Crippen LogP contribution is -2.40. The first-order valence-electron chi connectivity index (χ1n) is 13.7. The Morgan fingerprint density at radius 1 is 1.09 bits per heavy atom. The van der Waals surface area contributed by atoms with E-state index in [1.165, 1.54) is 59.1 Å². The molecule has 1 amide bonds. The number of amides is 1. The van der Waals surface area contributed by atoms with Crippen molar-refractivity contribution in [3.8, 4) is 11.5 Å². The van der Waals surface area contributed by atoms with Crippen molar-refractivity contribution in [2.45, 2.75) is 37.4 Å². The molecule has 3 aromatic rings. The first kappa shape index (κ1) is 32.5. The lowest BCUT2D eigenvalue weighted by atomic mass is 10.0. The van der Waals surface area contributed by atoms with Crippen LogP contribution in [0.15, 0.2) is 54.9 Å². The summed E-state index contributed by atoms with van der Waals surface area (Å²) in [6, 6.07) is 9.15. The van der Waals surface area contributed by atoms with Gasteiger partial charge in [0.05, 0.1) is 11.5 Å². The van der Waals surface area contributed by atoms with Gasteiger partial charge in [0.1, 0.15) is 16.1 Å². The summed E-state index contributed by atoms with van der Waals surface area (Å²) in [5.74, 6) is -0.773. The van der Waals surface area contributed by atoms with Crippen molar-refractivity contribution in [2.75, 3.05) is 18.9 Å². The molecule has 1 aliphatic carbocycles. The minimum absolute atomic E-state index is 0.00614. The Morgan fingerprint density at radius 3 is 2.40 bits per heavy atom. The second-order valence-electron chi connectivity index (χ2n) is 10.3. The molecule has 1 saturated heterocycles. The van der Waals surface area contributed by atoms with E-state index < -0.39 is 34.9 Å². The van der Waals surface area contributed by atoms with Crippen LogP contribution < -0.4 is 14.2 Å². The van der Waals surface area contributed by atoms with Crippen LogP contribution in [0.3, 0.4) is 0 Å². The summed E-state index contributed by atoms with van der Waals surface area (Å²) < 4.78 is 43.1. The maximum absolute atomic E-state index is 13.7. The second-order valence-corrected chi connectivity index (χ2v) is 12.3. The maximum Gasteiger partial charge on any atom is 0.387 e. The number of carbonyl (C=O) groups is 2. The molecule has 0 N–H and O–H groups in total. The number of aromatic nitrogens is 1. The number of ether oxygens (including phenoxy) is 3. The maximum atomic E-state index is 13.7. The van der Waals surface area contributed by atoms with E-state index in [0.29, 0.717) is 22.0 Å². The SMILES string of the molecule is O=C(O[C@@H](Cc1c(Cl)c[n+]([O-])cc1Cl)c1ccc(OC(F)F)c(OCC2CC2)c1)C1SCCN1C(=O)c1ccc([N+](=O)[O-])cc1. The fourth-order valence-corrected chi connectivity index (χ4v) is 6.32. The highest BCUT2D eigenvalue weighted by Crippen LogP contribution is 2.39. The summed E-state index contributed by atoms with van der Waals surface area (Å²) in [5.41, 5.74) is 0.582. The summed E-state index contributed by atoms with van der Waals surface area (Å²) in [6.07, 6.45) is 2.84. The molecular formula is C29H25Cl2F2N3O8S. The van der Waals surface area contributed by atoms with E-state index in [4.69, 9.17) is 32.7 Å². The Balaban J connectivity index is 1.43. The number of thioether (sulfide) groups is 1. The smallest absolute Gasteiger partial charge is 0.387 e. The summed E-state index contributed by atoms with van der Waals surface area (Å²) in [5, 5.41) is 21.8. The van der Waals surface area contributed by atoms with E-state index in [-0.39, 0.29) is 57.9 Å². The molecule has 2 fully saturated rings. The molecule has 16 heteroatoms. The standard InChI is InChI=1S/C29H25Cl2F2N3O8S/c30-21-13-34(39)14-22(31)20(21)12-24(18-5-8-23(44-29(32)33)25(11-18)42-15-16-1-2-16)43-28(38)27-35(9-10-45-27)26(37)17-3-6-19(7-4-17)36(40)41/h3-8,11,13-14,16,24,27,29H,1-2,9-10,12,15H2/t24-,27?/m0/s1. The van der Waals surface area contributed by atoms with Crippen LogP contribution in [0.2, 0.25) is 10.0 Å². The molecule has 2 aromatic carbocycles. The highest BCUT2D eigenvalue weighted by atomic mass is 35.5.